The predicted molar refractivity (Wildman–Crippen MR) is 118 cm³/mol. The molecule has 6 nitrogen and oxygen atoms in total. The minimum atomic E-state index is -0.710. The van der Waals surface area contributed by atoms with E-state index in [0.29, 0.717) is 18.8 Å². The van der Waals surface area contributed by atoms with E-state index in [1.165, 1.54) is 4.88 Å². The number of ether oxygens (including phenoxy) is 1. The van der Waals surface area contributed by atoms with Gasteiger partial charge < -0.3 is 14.4 Å². The summed E-state index contributed by atoms with van der Waals surface area (Å²) in [5, 5.41) is 15.3. The van der Waals surface area contributed by atoms with Crippen molar-refractivity contribution in [2.24, 2.45) is 5.92 Å². The monoisotopic (exact) mass is 432 g/mol. The summed E-state index contributed by atoms with van der Waals surface area (Å²) in [5.74, 6) is 1.30. The van der Waals surface area contributed by atoms with E-state index in [1.54, 1.807) is 11.3 Å². The molecule has 0 bridgehead atoms. The molecule has 156 valence electrons. The molecule has 0 amide bonds. The van der Waals surface area contributed by atoms with E-state index in [-0.39, 0.29) is 5.92 Å². The van der Waals surface area contributed by atoms with Gasteiger partial charge in [0.05, 0.1) is 5.92 Å². The predicted octanol–water partition coefficient (Wildman–Crippen LogP) is 5.38. The first-order valence-corrected chi connectivity index (χ1v) is 10.8. The Morgan fingerprint density at radius 1 is 1.06 bits per heavy atom. The molecule has 0 unspecified atom stereocenters. The van der Waals surface area contributed by atoms with Gasteiger partial charge in [-0.15, -0.1) is 11.3 Å². The van der Waals surface area contributed by atoms with Gasteiger partial charge in [0, 0.05) is 47.1 Å². The lowest BCUT2D eigenvalue weighted by atomic mass is 10.0. The van der Waals surface area contributed by atoms with Gasteiger partial charge in [0.2, 0.25) is 0 Å². The molecular formula is C24H20N2O4S. The fourth-order valence-electron chi connectivity index (χ4n) is 3.53. The number of aromatic nitrogens is 1. The van der Waals surface area contributed by atoms with Gasteiger partial charge in [-0.25, -0.2) is 0 Å². The van der Waals surface area contributed by atoms with Crippen LogP contribution < -0.4 is 4.74 Å². The number of hydrogen-bond acceptors (Lipinski definition) is 6. The van der Waals surface area contributed by atoms with Crippen molar-refractivity contribution in [1.82, 2.24) is 10.1 Å². The Morgan fingerprint density at radius 3 is 2.55 bits per heavy atom. The first-order valence-electron chi connectivity index (χ1n) is 9.97. The van der Waals surface area contributed by atoms with Crippen molar-refractivity contribution in [2.45, 2.75) is 6.54 Å². The summed E-state index contributed by atoms with van der Waals surface area (Å²) >= 11 is 1.65. The zero-order chi connectivity index (χ0) is 21.2. The Balaban J connectivity index is 1.23. The van der Waals surface area contributed by atoms with Crippen LogP contribution in [0.2, 0.25) is 0 Å². The number of carboxylic acids is 1. The summed E-state index contributed by atoms with van der Waals surface area (Å²) in [6.45, 7) is 1.99. The minimum absolute atomic E-state index is 0.234. The number of carboxylic acid groups (broad SMARTS) is 1. The molecule has 1 fully saturated rings. The van der Waals surface area contributed by atoms with Crippen LogP contribution in [0.25, 0.3) is 22.6 Å². The van der Waals surface area contributed by atoms with Gasteiger partial charge in [-0.1, -0.05) is 23.4 Å². The van der Waals surface area contributed by atoms with Crippen molar-refractivity contribution >= 4 is 17.3 Å². The Hall–Kier alpha value is -3.42. The van der Waals surface area contributed by atoms with Gasteiger partial charge in [0.15, 0.2) is 5.76 Å². The number of aliphatic carboxylic acids is 1. The first-order chi connectivity index (χ1) is 15.1. The molecule has 1 saturated heterocycles. The van der Waals surface area contributed by atoms with Crippen LogP contribution >= 0.6 is 11.3 Å². The van der Waals surface area contributed by atoms with Crippen LogP contribution in [0.1, 0.15) is 4.88 Å². The summed E-state index contributed by atoms with van der Waals surface area (Å²) in [6, 6.07) is 21.4. The largest absolute Gasteiger partial charge is 0.481 e. The molecule has 7 heteroatoms. The molecule has 0 radical (unpaired) electrons. The van der Waals surface area contributed by atoms with Gasteiger partial charge in [0.1, 0.15) is 17.2 Å². The Kier molecular flexibility index (Phi) is 5.28. The third-order valence-corrected chi connectivity index (χ3v) is 6.18. The molecule has 0 aliphatic carbocycles. The quantitative estimate of drug-likeness (QED) is 0.423. The highest BCUT2D eigenvalue weighted by atomic mass is 32.1. The summed E-state index contributed by atoms with van der Waals surface area (Å²) < 4.78 is 11.4. The SMILES string of the molecule is O=C(O)C1CN(Cc2cc(-c3cc(-c4ccc(Oc5ccccc5)cc4)on3)cs2)C1. The summed E-state index contributed by atoms with van der Waals surface area (Å²) in [4.78, 5) is 14.3. The summed E-state index contributed by atoms with van der Waals surface area (Å²) in [5.41, 5.74) is 2.72. The second-order valence-corrected chi connectivity index (χ2v) is 8.54. The van der Waals surface area contributed by atoms with Gasteiger partial charge in [0.25, 0.3) is 0 Å². The molecule has 1 N–H and O–H groups in total. The fraction of sp³-hybridized carbons (Fsp3) is 0.167. The molecule has 5 rings (SSSR count). The van der Waals surface area contributed by atoms with Crippen LogP contribution in [-0.2, 0) is 11.3 Å². The lowest BCUT2D eigenvalue weighted by Gasteiger charge is -2.36. The standard InChI is InChI=1S/C24H20N2O4S/c27-24(28)18-12-26(13-18)14-21-10-17(15-31-21)22-11-23(30-25-22)16-6-8-20(9-7-16)29-19-4-2-1-3-5-19/h1-11,15,18H,12-14H2,(H,27,28). The number of rotatable bonds is 7. The minimum Gasteiger partial charge on any atom is -0.481 e. The molecule has 4 aromatic rings. The average molecular weight is 433 g/mol. The van der Waals surface area contributed by atoms with Gasteiger partial charge in [-0.2, -0.15) is 0 Å². The second-order valence-electron chi connectivity index (χ2n) is 7.55. The van der Waals surface area contributed by atoms with Gasteiger partial charge in [-0.3, -0.25) is 9.69 Å². The molecule has 0 spiro atoms. The lowest BCUT2D eigenvalue weighted by Crippen LogP contribution is -2.49. The van der Waals surface area contributed by atoms with Crippen LogP contribution in [-0.4, -0.2) is 34.2 Å². The third-order valence-electron chi connectivity index (χ3n) is 5.26. The summed E-state index contributed by atoms with van der Waals surface area (Å²) in [6.07, 6.45) is 0. The number of nitrogens with zero attached hydrogens (tertiary/aromatic N) is 2. The molecule has 0 saturated carbocycles. The highest BCUT2D eigenvalue weighted by Gasteiger charge is 2.32. The second kappa shape index (κ2) is 8.37. The van der Waals surface area contributed by atoms with E-state index in [2.05, 4.69) is 21.5 Å². The average Bonchev–Trinajstić information content (AvgIpc) is 3.41. The Morgan fingerprint density at radius 2 is 1.81 bits per heavy atom. The maximum atomic E-state index is 10.9. The van der Waals surface area contributed by atoms with E-state index in [0.717, 1.165) is 34.9 Å². The number of hydrogen-bond donors (Lipinski definition) is 1. The van der Waals surface area contributed by atoms with E-state index in [4.69, 9.17) is 14.4 Å². The van der Waals surface area contributed by atoms with Crippen LogP contribution in [0.4, 0.5) is 0 Å². The van der Waals surface area contributed by atoms with Crippen molar-refractivity contribution in [1.29, 1.82) is 0 Å². The van der Waals surface area contributed by atoms with Crippen molar-refractivity contribution in [3.63, 3.8) is 0 Å². The zero-order valence-electron chi connectivity index (χ0n) is 16.6. The van der Waals surface area contributed by atoms with Crippen LogP contribution in [0.5, 0.6) is 11.5 Å². The van der Waals surface area contributed by atoms with Crippen LogP contribution in [0.15, 0.2) is 76.6 Å². The smallest absolute Gasteiger partial charge is 0.309 e. The molecule has 2 aromatic carbocycles. The fourth-order valence-corrected chi connectivity index (χ4v) is 4.45. The molecule has 1 aliphatic rings. The van der Waals surface area contributed by atoms with Crippen molar-refractivity contribution in [3.05, 3.63) is 77.0 Å². The molecule has 1 aliphatic heterocycles. The van der Waals surface area contributed by atoms with Crippen molar-refractivity contribution in [2.75, 3.05) is 13.1 Å². The summed E-state index contributed by atoms with van der Waals surface area (Å²) in [7, 11) is 0. The zero-order valence-corrected chi connectivity index (χ0v) is 17.4. The molecular weight excluding hydrogens is 412 g/mol. The highest BCUT2D eigenvalue weighted by molar-refractivity contribution is 7.10. The number of likely N-dealkylation sites (tertiary alicyclic amines) is 1. The number of para-hydroxylation sites is 1. The van der Waals surface area contributed by atoms with Crippen molar-refractivity contribution < 1.29 is 19.2 Å². The van der Waals surface area contributed by atoms with E-state index < -0.39 is 5.97 Å². The maximum Gasteiger partial charge on any atom is 0.309 e. The van der Waals surface area contributed by atoms with E-state index in [1.807, 2.05) is 60.7 Å². The topological polar surface area (TPSA) is 75.8 Å². The van der Waals surface area contributed by atoms with E-state index >= 15 is 0 Å². The van der Waals surface area contributed by atoms with Gasteiger partial charge in [-0.05, 0) is 42.5 Å². The lowest BCUT2D eigenvalue weighted by molar-refractivity contribution is -0.147. The van der Waals surface area contributed by atoms with E-state index in [9.17, 15) is 4.79 Å². The number of benzene rings is 2. The Bertz CT molecular complexity index is 1180. The van der Waals surface area contributed by atoms with Crippen LogP contribution in [0, 0.1) is 5.92 Å². The normalized spacial score (nSPS) is 14.3. The molecule has 2 aromatic heterocycles. The highest BCUT2D eigenvalue weighted by Crippen LogP contribution is 2.32. The Labute approximate surface area is 183 Å². The van der Waals surface area contributed by atoms with Gasteiger partial charge >= 0.3 is 5.97 Å². The molecule has 3 heterocycles. The van der Waals surface area contributed by atoms with Crippen LogP contribution in [0.3, 0.4) is 0 Å². The number of carbonyl (C=O) groups is 1. The molecule has 0 atom stereocenters. The first kappa shape index (κ1) is 19.5. The molecule has 31 heavy (non-hydrogen) atoms. The number of thiophene rings is 1. The van der Waals surface area contributed by atoms with Crippen molar-refractivity contribution in [3.8, 4) is 34.1 Å². The third kappa shape index (κ3) is 4.38. The maximum absolute atomic E-state index is 10.9.